The molecule has 0 saturated heterocycles. The van der Waals surface area contributed by atoms with Gasteiger partial charge >= 0.3 is 0 Å². The number of nitrogens with two attached hydrogens (primary N) is 1. The number of nitrogens with one attached hydrogen (secondary N) is 2. The Morgan fingerprint density at radius 3 is 2.75 bits per heavy atom. The summed E-state index contributed by atoms with van der Waals surface area (Å²) < 4.78 is 0. The van der Waals surface area contributed by atoms with Crippen molar-refractivity contribution in [2.75, 3.05) is 30.7 Å². The van der Waals surface area contributed by atoms with Crippen LogP contribution >= 0.6 is 0 Å². The minimum Gasteiger partial charge on any atom is -0.399 e. The average Bonchev–Trinajstić information content (AvgIpc) is 2.43. The fourth-order valence-corrected chi connectivity index (χ4v) is 2.05. The van der Waals surface area contributed by atoms with E-state index in [-0.39, 0.29) is 12.5 Å². The number of amides is 1. The van der Waals surface area contributed by atoms with E-state index in [1.165, 1.54) is 0 Å². The summed E-state index contributed by atoms with van der Waals surface area (Å²) in [4.78, 5) is 12.0. The predicted molar refractivity (Wildman–Crippen MR) is 82.8 cm³/mol. The monoisotopic (exact) mass is 279 g/mol. The number of benzene rings is 1. The third-order valence-electron chi connectivity index (χ3n) is 3.32. The van der Waals surface area contributed by atoms with Crippen LogP contribution in [0.2, 0.25) is 0 Å². The van der Waals surface area contributed by atoms with Gasteiger partial charge in [-0.15, -0.1) is 0 Å². The number of aliphatic hydroxyl groups excluding tert-OH is 1. The molecule has 0 aromatic heterocycles. The Morgan fingerprint density at radius 1 is 1.40 bits per heavy atom. The molecule has 1 rings (SSSR count). The zero-order valence-corrected chi connectivity index (χ0v) is 12.3. The molecule has 1 aromatic rings. The lowest BCUT2D eigenvalue weighted by Crippen LogP contribution is -2.25. The first-order chi connectivity index (χ1) is 9.62. The molecule has 0 radical (unpaired) electrons. The van der Waals surface area contributed by atoms with Crippen LogP contribution in [0.25, 0.3) is 0 Å². The van der Waals surface area contributed by atoms with Crippen molar-refractivity contribution in [2.24, 2.45) is 5.92 Å². The second-order valence-corrected chi connectivity index (χ2v) is 4.83. The van der Waals surface area contributed by atoms with Gasteiger partial charge < -0.3 is 21.5 Å². The summed E-state index contributed by atoms with van der Waals surface area (Å²) in [5.41, 5.74) is 7.75. The normalized spacial score (nSPS) is 11.9. The van der Waals surface area contributed by atoms with E-state index in [0.29, 0.717) is 30.3 Å². The van der Waals surface area contributed by atoms with Gasteiger partial charge in [0, 0.05) is 31.1 Å². The van der Waals surface area contributed by atoms with Crippen LogP contribution in [0, 0.1) is 5.92 Å². The molecule has 1 unspecified atom stereocenters. The van der Waals surface area contributed by atoms with E-state index in [9.17, 15) is 4.79 Å². The van der Waals surface area contributed by atoms with Gasteiger partial charge in [-0.1, -0.05) is 13.3 Å². The quantitative estimate of drug-likeness (QED) is 0.547. The molecular weight excluding hydrogens is 254 g/mol. The minimum atomic E-state index is -0.106. The largest absolute Gasteiger partial charge is 0.399 e. The Hall–Kier alpha value is -1.75. The molecular formula is C15H25N3O2. The molecule has 5 nitrogen and oxygen atoms in total. The lowest BCUT2D eigenvalue weighted by atomic mass is 10.0. The van der Waals surface area contributed by atoms with Gasteiger partial charge in [0.15, 0.2) is 0 Å². The Labute approximate surface area is 120 Å². The molecule has 0 heterocycles. The van der Waals surface area contributed by atoms with Crippen molar-refractivity contribution in [1.29, 1.82) is 0 Å². The molecule has 1 aromatic carbocycles. The van der Waals surface area contributed by atoms with Crippen molar-refractivity contribution in [3.8, 4) is 0 Å². The van der Waals surface area contributed by atoms with Gasteiger partial charge in [-0.05, 0) is 37.5 Å². The Morgan fingerprint density at radius 2 is 2.15 bits per heavy atom. The highest BCUT2D eigenvalue weighted by atomic mass is 16.3. The average molecular weight is 279 g/mol. The summed E-state index contributed by atoms with van der Waals surface area (Å²) in [6.07, 6.45) is 1.73. The van der Waals surface area contributed by atoms with E-state index in [1.54, 1.807) is 18.2 Å². The molecule has 5 heteroatoms. The van der Waals surface area contributed by atoms with Gasteiger partial charge in [-0.2, -0.15) is 0 Å². The van der Waals surface area contributed by atoms with Crippen LogP contribution in [0.1, 0.15) is 37.0 Å². The number of carbonyl (C=O) groups is 1. The first kappa shape index (κ1) is 16.3. The highest BCUT2D eigenvalue weighted by Gasteiger charge is 2.12. The maximum atomic E-state index is 12.0. The van der Waals surface area contributed by atoms with E-state index < -0.39 is 0 Å². The molecule has 1 amide bonds. The van der Waals surface area contributed by atoms with Gasteiger partial charge in [0.25, 0.3) is 5.91 Å². The second kappa shape index (κ2) is 8.43. The molecule has 0 saturated carbocycles. The number of rotatable bonds is 8. The van der Waals surface area contributed by atoms with E-state index in [0.717, 1.165) is 18.5 Å². The van der Waals surface area contributed by atoms with Crippen LogP contribution in [0.4, 0.5) is 11.4 Å². The summed E-state index contributed by atoms with van der Waals surface area (Å²) in [5.74, 6) is 0.272. The van der Waals surface area contributed by atoms with Crippen molar-refractivity contribution in [3.63, 3.8) is 0 Å². The maximum absolute atomic E-state index is 12.0. The van der Waals surface area contributed by atoms with Crippen LogP contribution in [0.5, 0.6) is 0 Å². The molecule has 0 aliphatic heterocycles. The Balaban J connectivity index is 2.81. The van der Waals surface area contributed by atoms with Crippen LogP contribution in [0.15, 0.2) is 18.2 Å². The molecule has 0 spiro atoms. The van der Waals surface area contributed by atoms with E-state index in [2.05, 4.69) is 17.6 Å². The predicted octanol–water partition coefficient (Wildman–Crippen LogP) is 1.84. The standard InChI is InChI=1S/C15H25N3O2/c1-3-11(7-8-19)10-18-14-9-12(16)5-6-13(14)15(20)17-4-2/h5-6,9,11,18-19H,3-4,7-8,10,16H2,1-2H3,(H,17,20). The second-order valence-electron chi connectivity index (χ2n) is 4.83. The van der Waals surface area contributed by atoms with Crippen LogP contribution in [-0.2, 0) is 0 Å². The highest BCUT2D eigenvalue weighted by molar-refractivity contribution is 6.00. The maximum Gasteiger partial charge on any atom is 0.253 e. The summed E-state index contributed by atoms with van der Waals surface area (Å²) in [6, 6.07) is 5.23. The van der Waals surface area contributed by atoms with Gasteiger partial charge in [0.2, 0.25) is 0 Å². The van der Waals surface area contributed by atoms with Crippen molar-refractivity contribution in [1.82, 2.24) is 5.32 Å². The lowest BCUT2D eigenvalue weighted by molar-refractivity contribution is 0.0956. The highest BCUT2D eigenvalue weighted by Crippen LogP contribution is 2.20. The Bertz CT molecular complexity index is 435. The smallest absolute Gasteiger partial charge is 0.253 e. The topological polar surface area (TPSA) is 87.4 Å². The van der Waals surface area contributed by atoms with Crippen LogP contribution < -0.4 is 16.4 Å². The van der Waals surface area contributed by atoms with E-state index in [1.807, 2.05) is 6.92 Å². The molecule has 1 atom stereocenters. The van der Waals surface area contributed by atoms with Crippen LogP contribution in [0.3, 0.4) is 0 Å². The third kappa shape index (κ3) is 4.74. The Kier molecular flexibility index (Phi) is 6.87. The van der Waals surface area contributed by atoms with E-state index >= 15 is 0 Å². The zero-order chi connectivity index (χ0) is 15.0. The number of carbonyl (C=O) groups excluding carboxylic acids is 1. The van der Waals surface area contributed by atoms with Gasteiger partial charge in [0.1, 0.15) is 0 Å². The van der Waals surface area contributed by atoms with Crippen molar-refractivity contribution >= 4 is 17.3 Å². The van der Waals surface area contributed by atoms with Crippen LogP contribution in [-0.4, -0.2) is 30.7 Å². The number of hydrogen-bond donors (Lipinski definition) is 4. The van der Waals surface area contributed by atoms with Gasteiger partial charge in [-0.25, -0.2) is 0 Å². The number of hydrogen-bond acceptors (Lipinski definition) is 4. The molecule has 0 aliphatic carbocycles. The fourth-order valence-electron chi connectivity index (χ4n) is 2.05. The molecule has 5 N–H and O–H groups in total. The summed E-state index contributed by atoms with van der Waals surface area (Å²) in [5, 5.41) is 15.1. The van der Waals surface area contributed by atoms with Gasteiger partial charge in [-0.3, -0.25) is 4.79 Å². The molecule has 0 aliphatic rings. The first-order valence-corrected chi connectivity index (χ1v) is 7.14. The summed E-state index contributed by atoms with van der Waals surface area (Å²) >= 11 is 0. The molecule has 0 fully saturated rings. The number of anilines is 2. The fraction of sp³-hybridized carbons (Fsp3) is 0.533. The number of nitrogen functional groups attached to an aromatic ring is 1. The van der Waals surface area contributed by atoms with Crippen molar-refractivity contribution in [3.05, 3.63) is 23.8 Å². The van der Waals surface area contributed by atoms with Gasteiger partial charge in [0.05, 0.1) is 5.56 Å². The lowest BCUT2D eigenvalue weighted by Gasteiger charge is -2.17. The molecule has 20 heavy (non-hydrogen) atoms. The van der Waals surface area contributed by atoms with Crippen molar-refractivity contribution < 1.29 is 9.90 Å². The molecule has 0 bridgehead atoms. The number of aliphatic hydroxyl groups is 1. The molecule has 112 valence electrons. The summed E-state index contributed by atoms with van der Waals surface area (Å²) in [7, 11) is 0. The minimum absolute atomic E-state index is 0.106. The zero-order valence-electron chi connectivity index (χ0n) is 12.3. The SMILES string of the molecule is CCNC(=O)c1ccc(N)cc1NCC(CC)CCO. The first-order valence-electron chi connectivity index (χ1n) is 7.14. The van der Waals surface area contributed by atoms with E-state index in [4.69, 9.17) is 10.8 Å². The third-order valence-corrected chi connectivity index (χ3v) is 3.32. The van der Waals surface area contributed by atoms with Crippen molar-refractivity contribution in [2.45, 2.75) is 26.7 Å². The summed E-state index contributed by atoms with van der Waals surface area (Å²) in [6.45, 7) is 5.46.